The van der Waals surface area contributed by atoms with Crippen LogP contribution in [0.3, 0.4) is 0 Å². The Labute approximate surface area is 159 Å². The Hall–Kier alpha value is -2.57. The van der Waals surface area contributed by atoms with Gasteiger partial charge in [0.05, 0.1) is 6.42 Å². The van der Waals surface area contributed by atoms with E-state index in [1.165, 1.54) is 0 Å². The maximum Gasteiger partial charge on any atom is 0.408 e. The number of carboxylic acids is 1. The summed E-state index contributed by atoms with van der Waals surface area (Å²) in [7, 11) is 0. The van der Waals surface area contributed by atoms with Crippen LogP contribution in [0.15, 0.2) is 30.3 Å². The molecule has 0 aliphatic heterocycles. The lowest BCUT2D eigenvalue weighted by Crippen LogP contribution is -2.48. The molecule has 2 rings (SSSR count). The third-order valence-electron chi connectivity index (χ3n) is 5.02. The second-order valence-corrected chi connectivity index (χ2v) is 7.28. The van der Waals surface area contributed by atoms with Crippen LogP contribution in [-0.4, -0.2) is 35.7 Å². The van der Waals surface area contributed by atoms with Gasteiger partial charge in [-0.1, -0.05) is 49.6 Å². The summed E-state index contributed by atoms with van der Waals surface area (Å²) < 4.78 is 5.11. The quantitative estimate of drug-likeness (QED) is 0.647. The highest BCUT2D eigenvalue weighted by atomic mass is 16.5. The molecule has 7 nitrogen and oxygen atoms in total. The Kier molecular flexibility index (Phi) is 7.64. The first-order valence-corrected chi connectivity index (χ1v) is 9.37. The molecule has 1 aliphatic rings. The van der Waals surface area contributed by atoms with Crippen molar-refractivity contribution >= 4 is 18.0 Å². The number of benzene rings is 1. The van der Waals surface area contributed by atoms with E-state index in [1.54, 1.807) is 6.92 Å². The molecule has 0 bridgehead atoms. The number of amides is 2. The van der Waals surface area contributed by atoms with E-state index in [4.69, 9.17) is 4.74 Å². The number of alkyl carbamates (subject to hydrolysis) is 1. The number of carbonyl (C=O) groups is 3. The first kappa shape index (κ1) is 20.7. The summed E-state index contributed by atoms with van der Waals surface area (Å²) in [6.45, 7) is 2.01. The van der Waals surface area contributed by atoms with E-state index < -0.39 is 23.5 Å². The van der Waals surface area contributed by atoms with E-state index in [9.17, 15) is 19.5 Å². The van der Waals surface area contributed by atoms with Crippen LogP contribution in [0.1, 0.15) is 51.0 Å². The monoisotopic (exact) mass is 376 g/mol. The van der Waals surface area contributed by atoms with Crippen LogP contribution in [0.5, 0.6) is 0 Å². The summed E-state index contributed by atoms with van der Waals surface area (Å²) in [5, 5.41) is 14.5. The average Bonchev–Trinajstić information content (AvgIpc) is 2.65. The van der Waals surface area contributed by atoms with Gasteiger partial charge in [-0.25, -0.2) is 4.79 Å². The number of hydrogen-bond acceptors (Lipinski definition) is 4. The molecule has 1 atom stereocenters. The molecule has 7 heteroatoms. The lowest BCUT2D eigenvalue weighted by Gasteiger charge is -2.36. The van der Waals surface area contributed by atoms with Crippen LogP contribution in [0, 0.1) is 5.41 Å². The molecule has 0 unspecified atom stereocenters. The molecule has 0 spiro atoms. The number of aliphatic carboxylic acids is 1. The predicted octanol–water partition coefficient (Wildman–Crippen LogP) is 2.84. The lowest BCUT2D eigenvalue weighted by molar-refractivity contribution is -0.140. The summed E-state index contributed by atoms with van der Waals surface area (Å²) in [6.07, 6.45) is 4.01. The Bertz CT molecular complexity index is 641. The van der Waals surface area contributed by atoms with Crippen molar-refractivity contribution in [1.82, 2.24) is 10.6 Å². The second kappa shape index (κ2) is 9.94. The fourth-order valence-corrected chi connectivity index (χ4v) is 3.47. The molecule has 1 aromatic rings. The topological polar surface area (TPSA) is 105 Å². The zero-order valence-electron chi connectivity index (χ0n) is 15.7. The van der Waals surface area contributed by atoms with E-state index in [0.29, 0.717) is 6.54 Å². The van der Waals surface area contributed by atoms with Crippen LogP contribution < -0.4 is 10.6 Å². The Morgan fingerprint density at radius 2 is 1.81 bits per heavy atom. The molecule has 27 heavy (non-hydrogen) atoms. The normalized spacial score (nSPS) is 16.8. The minimum absolute atomic E-state index is 0.0498. The predicted molar refractivity (Wildman–Crippen MR) is 100 cm³/mol. The third-order valence-corrected chi connectivity index (χ3v) is 5.02. The third kappa shape index (κ3) is 6.92. The van der Waals surface area contributed by atoms with Crippen molar-refractivity contribution in [2.24, 2.45) is 5.41 Å². The van der Waals surface area contributed by atoms with Gasteiger partial charge in [-0.15, -0.1) is 0 Å². The molecule has 1 aromatic carbocycles. The first-order valence-electron chi connectivity index (χ1n) is 9.37. The fourth-order valence-electron chi connectivity index (χ4n) is 3.47. The molecular weight excluding hydrogens is 348 g/mol. The van der Waals surface area contributed by atoms with Crippen molar-refractivity contribution in [3.63, 3.8) is 0 Å². The van der Waals surface area contributed by atoms with Gasteiger partial charge in [0.2, 0.25) is 5.91 Å². The summed E-state index contributed by atoms with van der Waals surface area (Å²) in [4.78, 5) is 35.3. The van der Waals surface area contributed by atoms with E-state index in [-0.39, 0.29) is 18.9 Å². The highest BCUT2D eigenvalue weighted by molar-refractivity contribution is 5.85. The Morgan fingerprint density at radius 3 is 2.44 bits per heavy atom. The minimum Gasteiger partial charge on any atom is -0.481 e. The van der Waals surface area contributed by atoms with Gasteiger partial charge in [-0.05, 0) is 30.7 Å². The molecule has 3 N–H and O–H groups in total. The minimum atomic E-state index is -0.846. The van der Waals surface area contributed by atoms with Gasteiger partial charge in [0.25, 0.3) is 0 Å². The average molecular weight is 376 g/mol. The molecule has 2 amide bonds. The first-order chi connectivity index (χ1) is 12.9. The smallest absolute Gasteiger partial charge is 0.408 e. The highest BCUT2D eigenvalue weighted by Gasteiger charge is 2.35. The molecule has 148 valence electrons. The van der Waals surface area contributed by atoms with Crippen LogP contribution in [0.2, 0.25) is 0 Å². The van der Waals surface area contributed by atoms with Gasteiger partial charge in [-0.3, -0.25) is 9.59 Å². The van der Waals surface area contributed by atoms with Crippen molar-refractivity contribution in [1.29, 1.82) is 0 Å². The maximum atomic E-state index is 12.3. The zero-order chi connectivity index (χ0) is 19.7. The lowest BCUT2D eigenvalue weighted by atomic mass is 9.71. The van der Waals surface area contributed by atoms with Crippen molar-refractivity contribution in [3.05, 3.63) is 35.9 Å². The number of nitrogens with one attached hydrogen (secondary N) is 2. The van der Waals surface area contributed by atoms with Gasteiger partial charge < -0.3 is 20.5 Å². The molecule has 0 aromatic heterocycles. The van der Waals surface area contributed by atoms with Crippen LogP contribution in [0.4, 0.5) is 4.79 Å². The van der Waals surface area contributed by atoms with Gasteiger partial charge in [-0.2, -0.15) is 0 Å². The summed E-state index contributed by atoms with van der Waals surface area (Å²) in [5.41, 5.74) is 0.463. The largest absolute Gasteiger partial charge is 0.481 e. The van der Waals surface area contributed by atoms with Crippen molar-refractivity contribution in [3.8, 4) is 0 Å². The number of carbonyl (C=O) groups excluding carboxylic acids is 2. The molecule has 1 fully saturated rings. The van der Waals surface area contributed by atoms with Crippen LogP contribution in [-0.2, 0) is 20.9 Å². The molecule has 1 saturated carbocycles. The van der Waals surface area contributed by atoms with E-state index in [0.717, 1.165) is 37.7 Å². The Morgan fingerprint density at radius 1 is 1.15 bits per heavy atom. The molecule has 0 radical (unpaired) electrons. The van der Waals surface area contributed by atoms with E-state index in [2.05, 4.69) is 10.6 Å². The number of ether oxygens (including phenoxy) is 1. The number of carboxylic acid groups (broad SMARTS) is 1. The molecular formula is C20H28N2O5. The maximum absolute atomic E-state index is 12.3. The van der Waals surface area contributed by atoms with Crippen molar-refractivity contribution in [2.45, 2.75) is 58.1 Å². The number of rotatable bonds is 8. The van der Waals surface area contributed by atoms with Gasteiger partial charge in [0, 0.05) is 6.54 Å². The van der Waals surface area contributed by atoms with E-state index >= 15 is 0 Å². The number of hydrogen-bond donors (Lipinski definition) is 3. The van der Waals surface area contributed by atoms with Crippen LogP contribution >= 0.6 is 0 Å². The SMILES string of the molecule is C[C@H](NC(=O)OCc1ccccc1)C(=O)NCC1(CC(=O)O)CCCCC1. The summed E-state index contributed by atoms with van der Waals surface area (Å²) in [6, 6.07) is 8.50. The zero-order valence-corrected chi connectivity index (χ0v) is 15.7. The second-order valence-electron chi connectivity index (χ2n) is 7.28. The van der Waals surface area contributed by atoms with Crippen molar-refractivity contribution in [2.75, 3.05) is 6.54 Å². The van der Waals surface area contributed by atoms with Crippen molar-refractivity contribution < 1.29 is 24.2 Å². The highest BCUT2D eigenvalue weighted by Crippen LogP contribution is 2.38. The van der Waals surface area contributed by atoms with Gasteiger partial charge in [0.15, 0.2) is 0 Å². The molecule has 1 aliphatic carbocycles. The molecule has 0 heterocycles. The Balaban J connectivity index is 1.78. The summed E-state index contributed by atoms with van der Waals surface area (Å²) >= 11 is 0. The fraction of sp³-hybridized carbons (Fsp3) is 0.550. The summed E-state index contributed by atoms with van der Waals surface area (Å²) in [5.74, 6) is -1.19. The van der Waals surface area contributed by atoms with E-state index in [1.807, 2.05) is 30.3 Å². The van der Waals surface area contributed by atoms with Gasteiger partial charge >= 0.3 is 12.1 Å². The van der Waals surface area contributed by atoms with Gasteiger partial charge in [0.1, 0.15) is 12.6 Å². The van der Waals surface area contributed by atoms with Crippen LogP contribution in [0.25, 0.3) is 0 Å². The molecule has 0 saturated heterocycles. The standard InChI is InChI=1S/C20H28N2O5/c1-15(22-19(26)27-13-16-8-4-2-5-9-16)18(25)21-14-20(12-17(23)24)10-6-3-7-11-20/h2,4-5,8-9,15H,3,6-7,10-14H2,1H3,(H,21,25)(H,22,26)(H,23,24)/t15-/m0/s1.